The molecule has 9 heteroatoms. The van der Waals surface area contributed by atoms with Gasteiger partial charge in [-0.15, -0.1) is 22.7 Å². The van der Waals surface area contributed by atoms with Gasteiger partial charge in [-0.2, -0.15) is 0 Å². The smallest absolute Gasteiger partial charge is 0.339 e. The number of carbonyl (C=O) groups excluding carboxylic acids is 1. The number of sulfone groups is 1. The first kappa shape index (κ1) is 17.6. The third-order valence-corrected chi connectivity index (χ3v) is 7.04. The topological polar surface area (TPSA) is 101 Å². The van der Waals surface area contributed by atoms with Crippen LogP contribution >= 0.6 is 22.7 Å². The number of thiophene rings is 2. The Balaban J connectivity index is 2.34. The maximum Gasteiger partial charge on any atom is 0.339 e. The number of carboxylic acids is 1. The Hall–Kier alpha value is -1.71. The highest BCUT2D eigenvalue weighted by atomic mass is 32.2. The van der Waals surface area contributed by atoms with E-state index in [1.165, 1.54) is 22.8 Å². The van der Waals surface area contributed by atoms with Crippen molar-refractivity contribution in [1.29, 1.82) is 0 Å². The molecule has 2 rings (SSSR count). The summed E-state index contributed by atoms with van der Waals surface area (Å²) in [6.45, 7) is 3.66. The number of aromatic carboxylic acids is 1. The molecular formula is C14H15NO5S3. The van der Waals surface area contributed by atoms with Crippen LogP contribution in [0.1, 0.15) is 38.1 Å². The average Bonchev–Trinajstić information content (AvgIpc) is 3.02. The third-order valence-electron chi connectivity index (χ3n) is 3.21. The van der Waals surface area contributed by atoms with Crippen LogP contribution in [-0.4, -0.2) is 31.7 Å². The minimum Gasteiger partial charge on any atom is -0.478 e. The quantitative estimate of drug-likeness (QED) is 0.839. The number of hydrogen-bond donors (Lipinski definition) is 2. The lowest BCUT2D eigenvalue weighted by Crippen LogP contribution is -2.13. The van der Waals surface area contributed by atoms with Gasteiger partial charge in [0.25, 0.3) is 5.91 Å². The van der Waals surface area contributed by atoms with Crippen LogP contribution in [0.3, 0.4) is 0 Å². The van der Waals surface area contributed by atoms with Crippen molar-refractivity contribution >= 4 is 49.4 Å². The first-order valence-electron chi connectivity index (χ1n) is 6.60. The van der Waals surface area contributed by atoms with Crippen LogP contribution in [0.4, 0.5) is 5.00 Å². The Morgan fingerprint density at radius 3 is 2.48 bits per heavy atom. The van der Waals surface area contributed by atoms with Gasteiger partial charge in [-0.1, -0.05) is 6.92 Å². The van der Waals surface area contributed by atoms with Gasteiger partial charge in [0.05, 0.1) is 11.1 Å². The molecule has 2 aromatic rings. The van der Waals surface area contributed by atoms with Gasteiger partial charge >= 0.3 is 5.97 Å². The molecule has 2 heterocycles. The summed E-state index contributed by atoms with van der Waals surface area (Å²) in [6, 6.07) is 1.29. The fraction of sp³-hybridized carbons (Fsp3) is 0.286. The summed E-state index contributed by atoms with van der Waals surface area (Å²) in [5, 5.41) is 13.6. The molecule has 0 aromatic carbocycles. The lowest BCUT2D eigenvalue weighted by molar-refractivity contribution is 0.0697. The highest BCUT2D eigenvalue weighted by Crippen LogP contribution is 2.34. The molecule has 0 unspecified atom stereocenters. The largest absolute Gasteiger partial charge is 0.478 e. The Morgan fingerprint density at radius 1 is 1.35 bits per heavy atom. The van der Waals surface area contributed by atoms with Crippen molar-refractivity contribution in [2.75, 3.05) is 11.6 Å². The second kappa shape index (κ2) is 6.42. The summed E-state index contributed by atoms with van der Waals surface area (Å²) in [6.07, 6.45) is 1.62. The number of aryl methyl sites for hydroxylation is 1. The van der Waals surface area contributed by atoms with E-state index in [0.29, 0.717) is 12.0 Å². The molecule has 0 spiro atoms. The molecule has 2 aromatic heterocycles. The van der Waals surface area contributed by atoms with Crippen LogP contribution in [0.5, 0.6) is 0 Å². The van der Waals surface area contributed by atoms with Crippen LogP contribution in [0.25, 0.3) is 0 Å². The molecule has 124 valence electrons. The van der Waals surface area contributed by atoms with Crippen LogP contribution in [-0.2, 0) is 16.3 Å². The summed E-state index contributed by atoms with van der Waals surface area (Å²) in [7, 11) is -3.37. The predicted octanol–water partition coefficient (Wildman–Crippen LogP) is 3.03. The van der Waals surface area contributed by atoms with Gasteiger partial charge in [0.1, 0.15) is 9.21 Å². The van der Waals surface area contributed by atoms with Gasteiger partial charge in [-0.3, -0.25) is 4.79 Å². The minimum atomic E-state index is -3.37. The third kappa shape index (κ3) is 3.62. The SMILES string of the molecule is CCc1c(C)sc(NC(=O)c2csc(S(C)(=O)=O)c2)c1C(=O)O. The number of nitrogens with one attached hydrogen (secondary N) is 1. The normalized spacial score (nSPS) is 11.4. The van der Waals surface area contributed by atoms with E-state index in [-0.39, 0.29) is 20.3 Å². The monoisotopic (exact) mass is 373 g/mol. The lowest BCUT2D eigenvalue weighted by atomic mass is 10.1. The summed E-state index contributed by atoms with van der Waals surface area (Å²) in [5.74, 6) is -1.62. The average molecular weight is 373 g/mol. The van der Waals surface area contributed by atoms with Crippen molar-refractivity contribution < 1.29 is 23.1 Å². The van der Waals surface area contributed by atoms with E-state index < -0.39 is 21.7 Å². The van der Waals surface area contributed by atoms with E-state index in [0.717, 1.165) is 22.5 Å². The van der Waals surface area contributed by atoms with Crippen molar-refractivity contribution in [2.24, 2.45) is 0 Å². The lowest BCUT2D eigenvalue weighted by Gasteiger charge is -2.03. The molecule has 0 aliphatic carbocycles. The molecule has 6 nitrogen and oxygen atoms in total. The molecular weight excluding hydrogens is 358 g/mol. The second-order valence-corrected chi connectivity index (χ2v) is 9.26. The first-order chi connectivity index (χ1) is 10.6. The van der Waals surface area contributed by atoms with Crippen LogP contribution in [0.2, 0.25) is 0 Å². The standard InChI is InChI=1S/C14H15NO5S3/c1-4-9-7(2)22-13(11(9)14(17)18)15-12(16)8-5-10(21-6-8)23(3,19)20/h5-6H,4H2,1-3H3,(H,15,16)(H,17,18). The zero-order chi connectivity index (χ0) is 17.4. The summed E-state index contributed by atoms with van der Waals surface area (Å²) < 4.78 is 23.0. The zero-order valence-electron chi connectivity index (χ0n) is 12.7. The molecule has 0 atom stereocenters. The van der Waals surface area contributed by atoms with E-state index >= 15 is 0 Å². The molecule has 0 radical (unpaired) electrons. The number of carboxylic acid groups (broad SMARTS) is 1. The first-order valence-corrected chi connectivity index (χ1v) is 10.2. The molecule has 0 aliphatic rings. The Labute approximate surface area is 141 Å². The van der Waals surface area contributed by atoms with Crippen LogP contribution in [0, 0.1) is 6.92 Å². The molecule has 0 saturated heterocycles. The number of amides is 1. The van der Waals surface area contributed by atoms with Crippen molar-refractivity contribution in [3.63, 3.8) is 0 Å². The molecule has 23 heavy (non-hydrogen) atoms. The van der Waals surface area contributed by atoms with E-state index in [1.54, 1.807) is 6.92 Å². The summed E-state index contributed by atoms with van der Waals surface area (Å²) in [5.41, 5.74) is 0.984. The fourth-order valence-electron chi connectivity index (χ4n) is 2.12. The van der Waals surface area contributed by atoms with E-state index in [4.69, 9.17) is 0 Å². The number of rotatable bonds is 5. The van der Waals surface area contributed by atoms with Gasteiger partial charge in [0, 0.05) is 16.5 Å². The van der Waals surface area contributed by atoms with E-state index in [9.17, 15) is 23.1 Å². The predicted molar refractivity (Wildman–Crippen MR) is 90.8 cm³/mol. The van der Waals surface area contributed by atoms with Crippen LogP contribution < -0.4 is 5.32 Å². The Bertz CT molecular complexity index is 876. The molecule has 0 fully saturated rings. The van der Waals surface area contributed by atoms with Gasteiger partial charge in [0.15, 0.2) is 9.84 Å². The van der Waals surface area contributed by atoms with Crippen molar-refractivity contribution in [1.82, 2.24) is 0 Å². The summed E-state index contributed by atoms with van der Waals surface area (Å²) in [4.78, 5) is 24.5. The van der Waals surface area contributed by atoms with Crippen LogP contribution in [0.15, 0.2) is 15.7 Å². The van der Waals surface area contributed by atoms with Crippen molar-refractivity contribution in [3.8, 4) is 0 Å². The number of carbonyl (C=O) groups is 2. The molecule has 2 N–H and O–H groups in total. The van der Waals surface area contributed by atoms with Crippen molar-refractivity contribution in [2.45, 2.75) is 24.5 Å². The van der Waals surface area contributed by atoms with Gasteiger partial charge in [0.2, 0.25) is 0 Å². The van der Waals surface area contributed by atoms with E-state index in [1.807, 2.05) is 6.92 Å². The Morgan fingerprint density at radius 2 is 2.00 bits per heavy atom. The van der Waals surface area contributed by atoms with E-state index in [2.05, 4.69) is 5.32 Å². The molecule has 0 aliphatic heterocycles. The Kier molecular flexibility index (Phi) is 4.92. The number of anilines is 1. The fourth-order valence-corrected chi connectivity index (χ4v) is 5.05. The highest BCUT2D eigenvalue weighted by molar-refractivity contribution is 7.92. The maximum absolute atomic E-state index is 12.3. The second-order valence-electron chi connectivity index (χ2n) is 4.88. The van der Waals surface area contributed by atoms with Gasteiger partial charge < -0.3 is 10.4 Å². The zero-order valence-corrected chi connectivity index (χ0v) is 15.1. The maximum atomic E-state index is 12.3. The van der Waals surface area contributed by atoms with Crippen molar-refractivity contribution in [3.05, 3.63) is 33.0 Å². The number of hydrogen-bond acceptors (Lipinski definition) is 6. The minimum absolute atomic E-state index is 0.0951. The van der Waals surface area contributed by atoms with Gasteiger partial charge in [-0.05, 0) is 25.0 Å². The molecule has 1 amide bonds. The molecule has 0 saturated carbocycles. The highest BCUT2D eigenvalue weighted by Gasteiger charge is 2.23. The summed E-state index contributed by atoms with van der Waals surface area (Å²) >= 11 is 2.16. The molecule has 0 bridgehead atoms. The van der Waals surface area contributed by atoms with Gasteiger partial charge in [-0.25, -0.2) is 13.2 Å².